The third-order valence-corrected chi connectivity index (χ3v) is 2.04. The Kier molecular flexibility index (Phi) is 3.93. The second-order valence-corrected chi connectivity index (χ2v) is 4.35. The highest BCUT2D eigenvalue weighted by atomic mass is 32.8. The molecule has 0 aromatic carbocycles. The maximum absolute atomic E-state index is 10.2. The Hall–Kier alpha value is 0.01000. The monoisotopic (exact) mass is 170 g/mol. The summed E-state index contributed by atoms with van der Waals surface area (Å²) in [4.78, 5) is 0. The first kappa shape index (κ1) is 9.01. The van der Waals surface area contributed by atoms with Crippen molar-refractivity contribution in [1.29, 1.82) is 0 Å². The van der Waals surface area contributed by atoms with Gasteiger partial charge in [-0.15, -0.1) is 0 Å². The molecule has 0 fully saturated rings. The van der Waals surface area contributed by atoms with Crippen LogP contribution in [-0.4, -0.2) is 15.0 Å². The lowest BCUT2D eigenvalue weighted by molar-refractivity contribution is 0.328. The van der Waals surface area contributed by atoms with Gasteiger partial charge >= 0.3 is 17.4 Å². The minimum Gasteiger partial charge on any atom is -0.261 e. The smallest absolute Gasteiger partial charge is 0.261 e. The predicted octanol–water partition coefficient (Wildman–Crippen LogP) is 0.950. The molecule has 6 heteroatoms. The van der Waals surface area contributed by atoms with E-state index in [1.807, 2.05) is 0 Å². The zero-order valence-electron chi connectivity index (χ0n) is 4.90. The first-order valence-corrected chi connectivity index (χ1v) is 5.19. The summed E-state index contributed by atoms with van der Waals surface area (Å²) in [6, 6.07) is 0. The second-order valence-electron chi connectivity index (χ2n) is 1.32. The molecule has 4 nitrogen and oxygen atoms in total. The first-order chi connectivity index (χ1) is 4.12. The lowest BCUT2D eigenvalue weighted by atomic mass is 10.5. The molecule has 0 saturated heterocycles. The van der Waals surface area contributed by atoms with Crippen LogP contribution in [0, 0.1) is 0 Å². The van der Waals surface area contributed by atoms with Crippen LogP contribution in [-0.2, 0) is 18.5 Å². The molecule has 0 saturated carbocycles. The lowest BCUT2D eigenvalue weighted by Gasteiger charge is -1.92. The third kappa shape index (κ3) is 4.51. The van der Waals surface area contributed by atoms with Gasteiger partial charge in [0.25, 0.3) is 0 Å². The van der Waals surface area contributed by atoms with Gasteiger partial charge in [0.15, 0.2) is 0 Å². The van der Waals surface area contributed by atoms with Gasteiger partial charge < -0.3 is 0 Å². The molecular weight excluding hydrogens is 163 g/mol. The van der Waals surface area contributed by atoms with Crippen LogP contribution in [0.15, 0.2) is 0 Å². The molecule has 0 aromatic rings. The van der Waals surface area contributed by atoms with Crippen molar-refractivity contribution in [3.8, 4) is 0 Å². The van der Waals surface area contributed by atoms with E-state index in [4.69, 9.17) is 0 Å². The van der Waals surface area contributed by atoms with Gasteiger partial charge in [0, 0.05) is 0 Å². The molecule has 0 aromatic heterocycles. The Balaban J connectivity index is 3.75. The van der Waals surface area contributed by atoms with Crippen molar-refractivity contribution in [1.82, 2.24) is 0 Å². The van der Waals surface area contributed by atoms with Crippen LogP contribution in [0.2, 0.25) is 0 Å². The van der Waals surface area contributed by atoms with Crippen LogP contribution < -0.4 is 0 Å². The van der Waals surface area contributed by atoms with E-state index in [1.165, 1.54) is 0 Å². The highest BCUT2D eigenvalue weighted by molar-refractivity contribution is 8.36. The molecule has 0 amide bonds. The molecule has 0 bridgehead atoms. The van der Waals surface area contributed by atoms with E-state index in [-0.39, 0.29) is 6.61 Å². The van der Waals surface area contributed by atoms with Crippen molar-refractivity contribution < 1.29 is 17.2 Å². The van der Waals surface area contributed by atoms with Gasteiger partial charge in [-0.1, -0.05) is 6.92 Å². The van der Waals surface area contributed by atoms with E-state index in [2.05, 4.69) is 4.18 Å². The molecule has 0 unspecified atom stereocenters. The quantitative estimate of drug-likeness (QED) is 0.589. The van der Waals surface area contributed by atoms with Gasteiger partial charge in [-0.2, -0.15) is 8.42 Å². The Morgan fingerprint density at radius 1 is 1.56 bits per heavy atom. The van der Waals surface area contributed by atoms with Crippen molar-refractivity contribution in [2.75, 3.05) is 6.61 Å². The van der Waals surface area contributed by atoms with Gasteiger partial charge in [-0.05, 0) is 6.42 Å². The highest BCUT2D eigenvalue weighted by Gasteiger charge is 2.07. The topological polar surface area (TPSA) is 60.4 Å². The fourth-order valence-corrected chi connectivity index (χ4v) is 0.983. The summed E-state index contributed by atoms with van der Waals surface area (Å²) in [6.45, 7) is 1.86. The maximum atomic E-state index is 10.2. The molecular formula is C3H7O4PS. The van der Waals surface area contributed by atoms with Crippen LogP contribution in [0.4, 0.5) is 0 Å². The molecule has 0 spiro atoms. The number of rotatable bonds is 4. The average Bonchev–Trinajstić information content (AvgIpc) is 1.84. The van der Waals surface area contributed by atoms with Crippen LogP contribution >= 0.6 is 7.66 Å². The normalized spacial score (nSPS) is 12.1. The summed E-state index contributed by atoms with van der Waals surface area (Å²) in [5.41, 5.74) is 0. The fraction of sp³-hybridized carbons (Fsp3) is 1.00. The zero-order chi connectivity index (χ0) is 7.33. The van der Waals surface area contributed by atoms with Crippen molar-refractivity contribution in [2.45, 2.75) is 13.3 Å². The van der Waals surface area contributed by atoms with Gasteiger partial charge in [-0.25, -0.2) is 0 Å². The second kappa shape index (κ2) is 3.93. The molecule has 0 rings (SSSR count). The van der Waals surface area contributed by atoms with Crippen molar-refractivity contribution in [3.05, 3.63) is 0 Å². The van der Waals surface area contributed by atoms with E-state index >= 15 is 0 Å². The van der Waals surface area contributed by atoms with E-state index in [0.717, 1.165) is 0 Å². The zero-order valence-corrected chi connectivity index (χ0v) is 6.61. The largest absolute Gasteiger partial charge is 0.351 e. The summed E-state index contributed by atoms with van der Waals surface area (Å²) in [5, 5.41) is 0. The van der Waals surface area contributed by atoms with Gasteiger partial charge in [0.1, 0.15) is 0 Å². The fourth-order valence-electron chi connectivity index (χ4n) is 0.210. The molecule has 0 aliphatic carbocycles. The Morgan fingerprint density at radius 3 is 2.44 bits per heavy atom. The van der Waals surface area contributed by atoms with Gasteiger partial charge in [0.2, 0.25) is 0 Å². The Labute approximate surface area is 55.3 Å². The Bertz CT molecular complexity index is 172. The van der Waals surface area contributed by atoms with Crippen molar-refractivity contribution >= 4 is 17.4 Å². The standard InChI is InChI=1S/C3H7O4PS/c1-2-3-7-9(5,6)8-4/h2-3H2,1H3. The number of hydrogen-bond donors (Lipinski definition) is 0. The maximum Gasteiger partial charge on any atom is 0.351 e. The molecule has 0 heterocycles. The number of hydrogen-bond acceptors (Lipinski definition) is 4. The lowest BCUT2D eigenvalue weighted by Crippen LogP contribution is -1.97. The first-order valence-electron chi connectivity index (χ1n) is 2.36. The van der Waals surface area contributed by atoms with E-state index in [0.29, 0.717) is 6.42 Å². The third-order valence-electron chi connectivity index (χ3n) is 0.528. The van der Waals surface area contributed by atoms with Gasteiger partial charge in [-0.3, -0.25) is 8.75 Å². The van der Waals surface area contributed by atoms with Crippen LogP contribution in [0.3, 0.4) is 0 Å². The molecule has 9 heavy (non-hydrogen) atoms. The summed E-state index contributed by atoms with van der Waals surface area (Å²) in [5.74, 6) is 0. The van der Waals surface area contributed by atoms with E-state index < -0.39 is 17.4 Å². The van der Waals surface area contributed by atoms with Crippen LogP contribution in [0.25, 0.3) is 0 Å². The van der Waals surface area contributed by atoms with Crippen LogP contribution in [0.1, 0.15) is 13.3 Å². The van der Waals surface area contributed by atoms with Crippen molar-refractivity contribution in [3.63, 3.8) is 0 Å². The minimum absolute atomic E-state index is 0.0948. The van der Waals surface area contributed by atoms with E-state index in [1.54, 1.807) is 6.92 Å². The van der Waals surface area contributed by atoms with Crippen molar-refractivity contribution in [2.24, 2.45) is 0 Å². The Morgan fingerprint density at radius 2 is 2.11 bits per heavy atom. The highest BCUT2D eigenvalue weighted by Crippen LogP contribution is 2.08. The van der Waals surface area contributed by atoms with E-state index in [9.17, 15) is 13.0 Å². The minimum atomic E-state index is -3.76. The molecule has 0 aliphatic heterocycles. The average molecular weight is 170 g/mol. The molecule has 54 valence electrons. The summed E-state index contributed by atoms with van der Waals surface area (Å²) in [7, 11) is -4.73. The summed E-state index contributed by atoms with van der Waals surface area (Å²) in [6.07, 6.45) is 0.592. The SMILES string of the molecule is CCCOS(=O)(=O)P=O. The van der Waals surface area contributed by atoms with Crippen LogP contribution in [0.5, 0.6) is 0 Å². The summed E-state index contributed by atoms with van der Waals surface area (Å²) >= 11 is 0. The van der Waals surface area contributed by atoms with Gasteiger partial charge in [0.05, 0.1) is 6.61 Å². The molecule has 0 atom stereocenters. The predicted molar refractivity (Wildman–Crippen MR) is 32.8 cm³/mol. The molecule has 0 aliphatic rings. The molecule has 0 radical (unpaired) electrons. The summed E-state index contributed by atoms with van der Waals surface area (Å²) < 4.78 is 34.3. The molecule has 0 N–H and O–H groups in total.